The van der Waals surface area contributed by atoms with Crippen molar-refractivity contribution in [2.45, 2.75) is 65.2 Å². The fourth-order valence-electron chi connectivity index (χ4n) is 3.31. The Labute approximate surface area is 156 Å². The van der Waals surface area contributed by atoms with E-state index in [2.05, 4.69) is 24.3 Å². The summed E-state index contributed by atoms with van der Waals surface area (Å²) in [6, 6.07) is 2.60. The summed E-state index contributed by atoms with van der Waals surface area (Å²) in [7, 11) is 0. The molecular formula is C18H25F2N5O2. The SMILES string of the molecule is CC(C)CCn1nc2n(c1=O)CCC(NC(=O)c1cccn1C(F)F)CC2. The third-order valence-electron chi connectivity index (χ3n) is 4.89. The fraction of sp³-hybridized carbons (Fsp3) is 0.611. The van der Waals surface area contributed by atoms with Crippen LogP contribution in [0.25, 0.3) is 0 Å². The average Bonchev–Trinajstić information content (AvgIpc) is 3.16. The molecule has 1 unspecified atom stereocenters. The number of rotatable bonds is 6. The third kappa shape index (κ3) is 4.28. The molecule has 148 valence electrons. The van der Waals surface area contributed by atoms with Crippen LogP contribution in [0, 0.1) is 5.92 Å². The van der Waals surface area contributed by atoms with Crippen LogP contribution in [0.1, 0.15) is 56.0 Å². The largest absolute Gasteiger partial charge is 0.348 e. The first-order chi connectivity index (χ1) is 12.9. The third-order valence-corrected chi connectivity index (χ3v) is 4.89. The molecule has 2 aromatic heterocycles. The average molecular weight is 381 g/mol. The van der Waals surface area contributed by atoms with Crippen molar-refractivity contribution in [2.75, 3.05) is 0 Å². The molecule has 2 aromatic rings. The Morgan fingerprint density at radius 1 is 1.37 bits per heavy atom. The molecule has 3 heterocycles. The van der Waals surface area contributed by atoms with Crippen LogP contribution in [0.3, 0.4) is 0 Å². The second-order valence-electron chi connectivity index (χ2n) is 7.33. The van der Waals surface area contributed by atoms with E-state index < -0.39 is 12.5 Å². The number of nitrogens with zero attached hydrogens (tertiary/aromatic N) is 4. The van der Waals surface area contributed by atoms with Crippen LogP contribution in [-0.4, -0.2) is 30.9 Å². The van der Waals surface area contributed by atoms with Gasteiger partial charge < -0.3 is 5.32 Å². The molecule has 9 heteroatoms. The molecule has 0 saturated carbocycles. The smallest absolute Gasteiger partial charge is 0.345 e. The normalized spacial score (nSPS) is 17.2. The van der Waals surface area contributed by atoms with Crippen LogP contribution >= 0.6 is 0 Å². The first-order valence-electron chi connectivity index (χ1n) is 9.29. The lowest BCUT2D eigenvalue weighted by atomic mass is 10.1. The molecule has 3 rings (SSSR count). The lowest BCUT2D eigenvalue weighted by Crippen LogP contribution is -2.37. The Morgan fingerprint density at radius 2 is 2.15 bits per heavy atom. The van der Waals surface area contributed by atoms with Crippen molar-refractivity contribution in [1.29, 1.82) is 0 Å². The van der Waals surface area contributed by atoms with Crippen molar-refractivity contribution in [1.82, 2.24) is 24.2 Å². The lowest BCUT2D eigenvalue weighted by molar-refractivity contribution is 0.0630. The number of hydrogen-bond donors (Lipinski definition) is 1. The topological polar surface area (TPSA) is 73.8 Å². The maximum Gasteiger partial charge on any atom is 0.345 e. The van der Waals surface area contributed by atoms with E-state index in [9.17, 15) is 18.4 Å². The molecule has 0 spiro atoms. The number of alkyl halides is 2. The van der Waals surface area contributed by atoms with Crippen molar-refractivity contribution in [2.24, 2.45) is 5.92 Å². The van der Waals surface area contributed by atoms with Crippen molar-refractivity contribution < 1.29 is 13.6 Å². The quantitative estimate of drug-likeness (QED) is 0.835. The van der Waals surface area contributed by atoms with E-state index in [0.717, 1.165) is 12.2 Å². The van der Waals surface area contributed by atoms with E-state index in [0.29, 0.717) is 42.8 Å². The number of nitrogens with one attached hydrogen (secondary N) is 1. The minimum absolute atomic E-state index is 0.0666. The van der Waals surface area contributed by atoms with Gasteiger partial charge in [-0.2, -0.15) is 13.9 Å². The minimum atomic E-state index is -2.76. The van der Waals surface area contributed by atoms with Gasteiger partial charge in [-0.3, -0.25) is 13.9 Å². The Hall–Kier alpha value is -2.45. The molecule has 7 nitrogen and oxygen atoms in total. The molecule has 1 atom stereocenters. The van der Waals surface area contributed by atoms with Crippen LogP contribution in [0.15, 0.2) is 23.1 Å². The number of amides is 1. The summed E-state index contributed by atoms with van der Waals surface area (Å²) in [6.45, 7) is 2.50. The molecule has 1 amide bonds. The van der Waals surface area contributed by atoms with E-state index in [-0.39, 0.29) is 17.4 Å². The second kappa shape index (κ2) is 8.06. The predicted octanol–water partition coefficient (Wildman–Crippen LogP) is 2.42. The van der Waals surface area contributed by atoms with Gasteiger partial charge in [0.2, 0.25) is 0 Å². The number of hydrogen-bond acceptors (Lipinski definition) is 3. The maximum absolute atomic E-state index is 12.9. The van der Waals surface area contributed by atoms with Crippen LogP contribution in [0.5, 0.6) is 0 Å². The van der Waals surface area contributed by atoms with E-state index in [1.807, 2.05) is 0 Å². The van der Waals surface area contributed by atoms with E-state index in [1.54, 1.807) is 4.57 Å². The van der Waals surface area contributed by atoms with Gasteiger partial charge in [-0.05, 0) is 37.3 Å². The molecule has 0 aliphatic carbocycles. The Kier molecular flexibility index (Phi) is 5.76. The molecule has 0 saturated heterocycles. The van der Waals surface area contributed by atoms with Gasteiger partial charge in [0, 0.05) is 31.7 Å². The van der Waals surface area contributed by atoms with Gasteiger partial charge in [0.05, 0.1) is 0 Å². The van der Waals surface area contributed by atoms with Crippen LogP contribution in [0.2, 0.25) is 0 Å². The Balaban J connectivity index is 1.64. The highest BCUT2D eigenvalue weighted by Gasteiger charge is 2.24. The predicted molar refractivity (Wildman–Crippen MR) is 95.8 cm³/mol. The highest BCUT2D eigenvalue weighted by Crippen LogP contribution is 2.16. The molecule has 1 N–H and O–H groups in total. The van der Waals surface area contributed by atoms with Crippen LogP contribution < -0.4 is 11.0 Å². The number of fused-ring (bicyclic) bond motifs is 1. The van der Waals surface area contributed by atoms with Gasteiger partial charge in [0.1, 0.15) is 11.5 Å². The standard InChI is InChI=1S/C18H25F2N5O2/c1-12(2)7-11-25-18(27)24-10-8-13(5-6-15(24)22-25)21-16(26)14-4-3-9-23(14)17(19)20/h3-4,9,12-13,17H,5-8,10-11H2,1-2H3,(H,21,26). The van der Waals surface area contributed by atoms with Crippen LogP contribution in [0.4, 0.5) is 8.78 Å². The van der Waals surface area contributed by atoms with Gasteiger partial charge >= 0.3 is 12.2 Å². The van der Waals surface area contributed by atoms with Crippen molar-refractivity contribution in [3.05, 3.63) is 40.3 Å². The molecule has 27 heavy (non-hydrogen) atoms. The van der Waals surface area contributed by atoms with Gasteiger partial charge in [-0.1, -0.05) is 13.8 Å². The molecule has 0 radical (unpaired) electrons. The molecule has 1 aliphatic rings. The molecule has 1 aliphatic heterocycles. The number of carbonyl (C=O) groups excluding carboxylic acids is 1. The summed E-state index contributed by atoms with van der Waals surface area (Å²) in [5.41, 5.74) is -0.188. The lowest BCUT2D eigenvalue weighted by Gasteiger charge is -2.17. The van der Waals surface area contributed by atoms with Crippen LogP contribution in [-0.2, 0) is 19.5 Å². The summed E-state index contributed by atoms with van der Waals surface area (Å²) in [5, 5.41) is 7.25. The summed E-state index contributed by atoms with van der Waals surface area (Å²) in [4.78, 5) is 24.8. The highest BCUT2D eigenvalue weighted by molar-refractivity contribution is 5.92. The van der Waals surface area contributed by atoms with Gasteiger partial charge in [0.25, 0.3) is 5.91 Å². The summed E-state index contributed by atoms with van der Waals surface area (Å²) in [6.07, 6.45) is 3.80. The number of aromatic nitrogens is 4. The number of halogens is 2. The van der Waals surface area contributed by atoms with Crippen molar-refractivity contribution >= 4 is 5.91 Å². The minimum Gasteiger partial charge on any atom is -0.348 e. The molecular weight excluding hydrogens is 356 g/mol. The molecule has 0 aromatic carbocycles. The van der Waals surface area contributed by atoms with E-state index in [1.165, 1.54) is 23.0 Å². The monoisotopic (exact) mass is 381 g/mol. The first kappa shape index (κ1) is 19.3. The van der Waals surface area contributed by atoms with Crippen molar-refractivity contribution in [3.63, 3.8) is 0 Å². The zero-order valence-electron chi connectivity index (χ0n) is 15.6. The zero-order chi connectivity index (χ0) is 19.6. The van der Waals surface area contributed by atoms with E-state index in [4.69, 9.17) is 0 Å². The first-order valence-corrected chi connectivity index (χ1v) is 9.29. The van der Waals surface area contributed by atoms with Gasteiger partial charge in [0.15, 0.2) is 0 Å². The molecule has 0 fully saturated rings. The van der Waals surface area contributed by atoms with Gasteiger partial charge in [-0.25, -0.2) is 9.48 Å². The summed E-state index contributed by atoms with van der Waals surface area (Å²) >= 11 is 0. The summed E-state index contributed by atoms with van der Waals surface area (Å²) in [5.74, 6) is 0.681. The Bertz CT molecular complexity index is 852. The number of carbonyl (C=O) groups is 1. The van der Waals surface area contributed by atoms with E-state index >= 15 is 0 Å². The zero-order valence-corrected chi connectivity index (χ0v) is 15.6. The number of aryl methyl sites for hydroxylation is 2. The second-order valence-corrected chi connectivity index (χ2v) is 7.33. The summed E-state index contributed by atoms with van der Waals surface area (Å²) < 4.78 is 29.7. The van der Waals surface area contributed by atoms with Gasteiger partial charge in [-0.15, -0.1) is 0 Å². The molecule has 0 bridgehead atoms. The van der Waals surface area contributed by atoms with Crippen molar-refractivity contribution in [3.8, 4) is 0 Å². The highest BCUT2D eigenvalue weighted by atomic mass is 19.3. The maximum atomic E-state index is 12.9. The Morgan fingerprint density at radius 3 is 2.85 bits per heavy atom. The fourth-order valence-corrected chi connectivity index (χ4v) is 3.31.